The number of aryl methyl sites for hydroxylation is 3. The van der Waals surface area contributed by atoms with E-state index in [1.807, 2.05) is 64.1 Å². The second kappa shape index (κ2) is 7.61. The summed E-state index contributed by atoms with van der Waals surface area (Å²) in [5, 5.41) is 10.5. The van der Waals surface area contributed by atoms with E-state index in [-0.39, 0.29) is 11.7 Å². The van der Waals surface area contributed by atoms with Gasteiger partial charge < -0.3 is 10.1 Å². The molecule has 27 heavy (non-hydrogen) atoms. The molecule has 1 heterocycles. The van der Waals surface area contributed by atoms with Gasteiger partial charge >= 0.3 is 0 Å². The van der Waals surface area contributed by atoms with Gasteiger partial charge in [-0.05, 0) is 79.3 Å². The smallest absolute Gasteiger partial charge is 0.266 e. The van der Waals surface area contributed by atoms with Crippen molar-refractivity contribution in [1.29, 1.82) is 0 Å². The monoisotopic (exact) mass is 365 g/mol. The average molecular weight is 365 g/mol. The Labute approximate surface area is 158 Å². The summed E-state index contributed by atoms with van der Waals surface area (Å²) in [6, 6.07) is 11.7. The summed E-state index contributed by atoms with van der Waals surface area (Å²) in [7, 11) is 0. The lowest BCUT2D eigenvalue weighted by atomic mass is 10.0. The number of carbonyl (C=O) groups is 1. The van der Waals surface area contributed by atoms with Crippen molar-refractivity contribution in [1.82, 2.24) is 10.3 Å². The van der Waals surface area contributed by atoms with E-state index in [1.165, 1.54) is 5.56 Å². The van der Waals surface area contributed by atoms with E-state index < -0.39 is 6.10 Å². The lowest BCUT2D eigenvalue weighted by molar-refractivity contribution is -0.122. The predicted octanol–water partition coefficient (Wildman–Crippen LogP) is 4.38. The summed E-state index contributed by atoms with van der Waals surface area (Å²) >= 11 is 0. The highest BCUT2D eigenvalue weighted by Crippen LogP contribution is 2.27. The van der Waals surface area contributed by atoms with Crippen molar-refractivity contribution in [3.8, 4) is 17.0 Å². The van der Waals surface area contributed by atoms with Crippen LogP contribution in [0.1, 0.15) is 29.2 Å². The molecule has 3 rings (SSSR count). The van der Waals surface area contributed by atoms with Crippen LogP contribution in [-0.2, 0) is 4.79 Å². The number of hydrogen-bond donors (Lipinski definition) is 1. The van der Waals surface area contributed by atoms with Crippen LogP contribution in [0.2, 0.25) is 0 Å². The zero-order chi connectivity index (χ0) is 19.6. The van der Waals surface area contributed by atoms with Crippen molar-refractivity contribution in [2.75, 3.05) is 5.32 Å². The molecule has 6 nitrogen and oxygen atoms in total. The molecule has 0 saturated heterocycles. The second-order valence-corrected chi connectivity index (χ2v) is 6.71. The number of carbonyl (C=O) groups excluding carboxylic acids is 1. The first-order chi connectivity index (χ1) is 12.9. The number of nitrogens with zero attached hydrogens (tertiary/aromatic N) is 2. The highest BCUT2D eigenvalue weighted by Gasteiger charge is 2.21. The Balaban J connectivity index is 1.76. The van der Waals surface area contributed by atoms with Gasteiger partial charge in [-0.25, -0.2) is 4.63 Å². The van der Waals surface area contributed by atoms with Crippen molar-refractivity contribution in [2.24, 2.45) is 0 Å². The van der Waals surface area contributed by atoms with Crippen molar-refractivity contribution >= 4 is 11.7 Å². The Bertz CT molecular complexity index is 979. The third-order valence-corrected chi connectivity index (χ3v) is 4.74. The van der Waals surface area contributed by atoms with Crippen LogP contribution in [0.4, 0.5) is 5.82 Å². The molecule has 1 amide bonds. The summed E-state index contributed by atoms with van der Waals surface area (Å²) in [5.41, 5.74) is 5.74. The minimum absolute atomic E-state index is 0.277. The SMILES string of the molecule is Cc1ccc(-c2nonc2NC(=O)C(C)Oc2cccc(C)c2C)cc1C. The molecule has 3 aromatic rings. The fourth-order valence-electron chi connectivity index (χ4n) is 2.66. The van der Waals surface area contributed by atoms with E-state index in [9.17, 15) is 4.79 Å². The maximum atomic E-state index is 12.6. The summed E-state index contributed by atoms with van der Waals surface area (Å²) in [6.45, 7) is 9.72. The van der Waals surface area contributed by atoms with Crippen LogP contribution in [0.5, 0.6) is 5.75 Å². The maximum Gasteiger partial charge on any atom is 0.266 e. The Kier molecular flexibility index (Phi) is 5.26. The summed E-state index contributed by atoms with van der Waals surface area (Å²) in [5.74, 6) is 0.640. The average Bonchev–Trinajstić information content (AvgIpc) is 3.09. The molecule has 6 heteroatoms. The van der Waals surface area contributed by atoms with Gasteiger partial charge in [-0.1, -0.05) is 24.3 Å². The maximum absolute atomic E-state index is 12.6. The van der Waals surface area contributed by atoms with Gasteiger partial charge in [-0.3, -0.25) is 4.79 Å². The van der Waals surface area contributed by atoms with Gasteiger partial charge in [0.05, 0.1) is 0 Å². The van der Waals surface area contributed by atoms with E-state index >= 15 is 0 Å². The third kappa shape index (κ3) is 4.00. The number of anilines is 1. The molecular weight excluding hydrogens is 342 g/mol. The summed E-state index contributed by atoms with van der Waals surface area (Å²) < 4.78 is 10.7. The molecule has 0 spiro atoms. The standard InChI is InChI=1S/C21H23N3O3/c1-12-9-10-17(11-14(12)3)19-20(24-27-23-19)22-21(25)16(5)26-18-8-6-7-13(2)15(18)4/h6-11,16H,1-5H3,(H,22,24,25). The van der Waals surface area contributed by atoms with Crippen molar-refractivity contribution in [3.05, 3.63) is 58.7 Å². The lowest BCUT2D eigenvalue weighted by Crippen LogP contribution is -2.30. The first-order valence-electron chi connectivity index (χ1n) is 8.80. The van der Waals surface area contributed by atoms with Crippen LogP contribution in [0, 0.1) is 27.7 Å². The van der Waals surface area contributed by atoms with Crippen molar-refractivity contribution < 1.29 is 14.2 Å². The highest BCUT2D eigenvalue weighted by molar-refractivity contribution is 5.96. The van der Waals surface area contributed by atoms with E-state index in [0.717, 1.165) is 22.3 Å². The van der Waals surface area contributed by atoms with Gasteiger partial charge in [0, 0.05) is 5.56 Å². The zero-order valence-corrected chi connectivity index (χ0v) is 16.2. The zero-order valence-electron chi connectivity index (χ0n) is 16.2. The normalized spacial score (nSPS) is 11.9. The van der Waals surface area contributed by atoms with Gasteiger partial charge in [0.15, 0.2) is 11.8 Å². The van der Waals surface area contributed by atoms with Gasteiger partial charge in [0.1, 0.15) is 5.75 Å². The second-order valence-electron chi connectivity index (χ2n) is 6.71. The molecule has 0 aliphatic heterocycles. The molecule has 2 aromatic carbocycles. The minimum Gasteiger partial charge on any atom is -0.481 e. The molecule has 0 radical (unpaired) electrons. The first kappa shape index (κ1) is 18.6. The Morgan fingerprint density at radius 2 is 1.81 bits per heavy atom. The quantitative estimate of drug-likeness (QED) is 0.726. The fraction of sp³-hybridized carbons (Fsp3) is 0.286. The van der Waals surface area contributed by atoms with E-state index in [2.05, 4.69) is 15.6 Å². The van der Waals surface area contributed by atoms with Crippen LogP contribution >= 0.6 is 0 Å². The van der Waals surface area contributed by atoms with Gasteiger partial charge in [0.2, 0.25) is 5.82 Å². The molecule has 0 aliphatic rings. The van der Waals surface area contributed by atoms with Gasteiger partial charge in [0.25, 0.3) is 5.91 Å². The van der Waals surface area contributed by atoms with Gasteiger partial charge in [-0.15, -0.1) is 0 Å². The van der Waals surface area contributed by atoms with Crippen LogP contribution in [0.25, 0.3) is 11.3 Å². The fourth-order valence-corrected chi connectivity index (χ4v) is 2.66. The number of aromatic nitrogens is 2. The number of amides is 1. The van der Waals surface area contributed by atoms with E-state index in [1.54, 1.807) is 6.92 Å². The molecule has 1 unspecified atom stereocenters. The molecule has 1 N–H and O–H groups in total. The van der Waals surface area contributed by atoms with Crippen LogP contribution in [0.3, 0.4) is 0 Å². The molecule has 1 aromatic heterocycles. The number of hydrogen-bond acceptors (Lipinski definition) is 5. The number of benzene rings is 2. The topological polar surface area (TPSA) is 77.3 Å². The molecule has 140 valence electrons. The molecular formula is C21H23N3O3. The first-order valence-corrected chi connectivity index (χ1v) is 8.80. The number of nitrogens with one attached hydrogen (secondary N) is 1. The highest BCUT2D eigenvalue weighted by atomic mass is 16.6. The van der Waals surface area contributed by atoms with Crippen LogP contribution in [0.15, 0.2) is 41.0 Å². The molecule has 1 atom stereocenters. The Hall–Kier alpha value is -3.15. The largest absolute Gasteiger partial charge is 0.481 e. The summed E-state index contributed by atoms with van der Waals surface area (Å²) in [6.07, 6.45) is -0.699. The summed E-state index contributed by atoms with van der Waals surface area (Å²) in [4.78, 5) is 12.6. The number of rotatable bonds is 5. The van der Waals surface area contributed by atoms with E-state index in [4.69, 9.17) is 9.37 Å². The van der Waals surface area contributed by atoms with Crippen molar-refractivity contribution in [2.45, 2.75) is 40.7 Å². The predicted molar refractivity (Wildman–Crippen MR) is 104 cm³/mol. The van der Waals surface area contributed by atoms with Gasteiger partial charge in [-0.2, -0.15) is 0 Å². The molecule has 0 aliphatic carbocycles. The minimum atomic E-state index is -0.699. The van der Waals surface area contributed by atoms with Crippen molar-refractivity contribution in [3.63, 3.8) is 0 Å². The Morgan fingerprint density at radius 3 is 2.56 bits per heavy atom. The van der Waals surface area contributed by atoms with Crippen LogP contribution < -0.4 is 10.1 Å². The van der Waals surface area contributed by atoms with Crippen LogP contribution in [-0.4, -0.2) is 22.3 Å². The molecule has 0 bridgehead atoms. The molecule has 0 saturated carbocycles. The van der Waals surface area contributed by atoms with E-state index in [0.29, 0.717) is 11.4 Å². The Morgan fingerprint density at radius 1 is 1.04 bits per heavy atom. The number of ether oxygens (including phenoxy) is 1. The lowest BCUT2D eigenvalue weighted by Gasteiger charge is -2.16. The third-order valence-electron chi connectivity index (χ3n) is 4.74. The molecule has 0 fully saturated rings.